The van der Waals surface area contributed by atoms with E-state index in [1.165, 1.54) is 5.56 Å². The van der Waals surface area contributed by atoms with Crippen LogP contribution >= 0.6 is 0 Å². The molecule has 5 heteroatoms. The van der Waals surface area contributed by atoms with Crippen molar-refractivity contribution < 1.29 is 9.21 Å². The molecule has 0 bridgehead atoms. The summed E-state index contributed by atoms with van der Waals surface area (Å²) < 4.78 is 5.68. The van der Waals surface area contributed by atoms with Crippen molar-refractivity contribution in [2.75, 3.05) is 0 Å². The Bertz CT molecular complexity index is 857. The van der Waals surface area contributed by atoms with Crippen LogP contribution in [-0.2, 0) is 11.2 Å². The highest BCUT2D eigenvalue weighted by Crippen LogP contribution is 2.19. The zero-order valence-corrected chi connectivity index (χ0v) is 15.8. The maximum absolute atomic E-state index is 12.3. The Labute approximate surface area is 159 Å². The number of nitrogens with one attached hydrogen (secondary N) is 1. The zero-order valence-electron chi connectivity index (χ0n) is 15.8. The number of hydrogen-bond acceptors (Lipinski definition) is 4. The summed E-state index contributed by atoms with van der Waals surface area (Å²) in [5.41, 5.74) is 3.26. The van der Waals surface area contributed by atoms with Crippen molar-refractivity contribution in [3.05, 3.63) is 71.6 Å². The van der Waals surface area contributed by atoms with Crippen molar-refractivity contribution in [1.29, 1.82) is 0 Å². The van der Waals surface area contributed by atoms with Crippen molar-refractivity contribution in [3.8, 4) is 11.5 Å². The van der Waals surface area contributed by atoms with E-state index in [0.29, 0.717) is 31.0 Å². The molecule has 0 saturated carbocycles. The Kier molecular flexibility index (Phi) is 6.36. The van der Waals surface area contributed by atoms with E-state index < -0.39 is 0 Å². The predicted molar refractivity (Wildman–Crippen MR) is 105 cm³/mol. The van der Waals surface area contributed by atoms with Crippen LogP contribution in [0.4, 0.5) is 0 Å². The average molecular weight is 363 g/mol. The van der Waals surface area contributed by atoms with Gasteiger partial charge >= 0.3 is 0 Å². The van der Waals surface area contributed by atoms with Crippen molar-refractivity contribution >= 4 is 5.91 Å². The SMILES string of the molecule is CC[C@@H](NC(=O)CCCc1nnc(-c2ccccc2)o1)c1ccc(C)cc1. The van der Waals surface area contributed by atoms with Gasteiger partial charge < -0.3 is 9.73 Å². The van der Waals surface area contributed by atoms with Crippen molar-refractivity contribution in [3.63, 3.8) is 0 Å². The quantitative estimate of drug-likeness (QED) is 0.633. The van der Waals surface area contributed by atoms with Gasteiger partial charge in [-0.15, -0.1) is 10.2 Å². The second kappa shape index (κ2) is 9.12. The largest absolute Gasteiger partial charge is 0.421 e. The molecule has 0 radical (unpaired) electrons. The maximum atomic E-state index is 12.3. The van der Waals surface area contributed by atoms with E-state index in [0.717, 1.165) is 17.5 Å². The fourth-order valence-electron chi connectivity index (χ4n) is 2.94. The first-order chi connectivity index (χ1) is 13.2. The van der Waals surface area contributed by atoms with E-state index in [4.69, 9.17) is 4.42 Å². The Morgan fingerprint density at radius 3 is 2.52 bits per heavy atom. The lowest BCUT2D eigenvalue weighted by molar-refractivity contribution is -0.122. The Morgan fingerprint density at radius 1 is 1.07 bits per heavy atom. The Hall–Kier alpha value is -2.95. The summed E-state index contributed by atoms with van der Waals surface area (Å²) in [4.78, 5) is 12.3. The van der Waals surface area contributed by atoms with Crippen LogP contribution in [0, 0.1) is 6.92 Å². The third-order valence-electron chi connectivity index (χ3n) is 4.51. The summed E-state index contributed by atoms with van der Waals surface area (Å²) in [5, 5.41) is 11.3. The molecule has 0 spiro atoms. The summed E-state index contributed by atoms with van der Waals surface area (Å²) in [6.07, 6.45) is 2.56. The predicted octanol–water partition coefficient (Wildman–Crippen LogP) is 4.64. The molecule has 2 aromatic carbocycles. The zero-order chi connectivity index (χ0) is 19.1. The highest BCUT2D eigenvalue weighted by atomic mass is 16.4. The Morgan fingerprint density at radius 2 is 1.81 bits per heavy atom. The highest BCUT2D eigenvalue weighted by Gasteiger charge is 2.13. The summed E-state index contributed by atoms with van der Waals surface area (Å²) in [6.45, 7) is 4.14. The van der Waals surface area contributed by atoms with E-state index in [-0.39, 0.29) is 11.9 Å². The molecular weight excluding hydrogens is 338 g/mol. The van der Waals surface area contributed by atoms with Gasteiger partial charge in [0.1, 0.15) is 0 Å². The molecule has 1 heterocycles. The minimum Gasteiger partial charge on any atom is -0.421 e. The summed E-state index contributed by atoms with van der Waals surface area (Å²) >= 11 is 0. The minimum absolute atomic E-state index is 0.0465. The number of nitrogens with zero attached hydrogens (tertiary/aromatic N) is 2. The molecule has 0 fully saturated rings. The molecule has 140 valence electrons. The second-order valence-electron chi connectivity index (χ2n) is 6.66. The lowest BCUT2D eigenvalue weighted by Gasteiger charge is -2.17. The van der Waals surface area contributed by atoms with Crippen molar-refractivity contribution in [2.24, 2.45) is 0 Å². The summed E-state index contributed by atoms with van der Waals surface area (Å²) in [7, 11) is 0. The number of hydrogen-bond donors (Lipinski definition) is 1. The van der Waals surface area contributed by atoms with Crippen LogP contribution in [0.3, 0.4) is 0 Å². The number of benzene rings is 2. The van der Waals surface area contributed by atoms with Crippen molar-refractivity contribution in [2.45, 2.75) is 45.6 Å². The third-order valence-corrected chi connectivity index (χ3v) is 4.51. The van der Waals surface area contributed by atoms with Crippen LogP contribution in [0.2, 0.25) is 0 Å². The summed E-state index contributed by atoms with van der Waals surface area (Å²) in [5.74, 6) is 1.12. The number of carbonyl (C=O) groups excluding carboxylic acids is 1. The molecule has 3 aromatic rings. The molecule has 0 aliphatic heterocycles. The number of amides is 1. The lowest BCUT2D eigenvalue weighted by atomic mass is 10.0. The topological polar surface area (TPSA) is 68.0 Å². The van der Waals surface area contributed by atoms with Gasteiger partial charge in [0.15, 0.2) is 0 Å². The van der Waals surface area contributed by atoms with Gasteiger partial charge in [-0.3, -0.25) is 4.79 Å². The van der Waals surface area contributed by atoms with Gasteiger partial charge in [0, 0.05) is 18.4 Å². The average Bonchev–Trinajstić information content (AvgIpc) is 3.16. The van der Waals surface area contributed by atoms with Crippen LogP contribution < -0.4 is 5.32 Å². The smallest absolute Gasteiger partial charge is 0.247 e. The molecule has 0 unspecified atom stereocenters. The van der Waals surface area contributed by atoms with E-state index in [9.17, 15) is 4.79 Å². The van der Waals surface area contributed by atoms with Gasteiger partial charge in [0.05, 0.1) is 6.04 Å². The number of carbonyl (C=O) groups is 1. The van der Waals surface area contributed by atoms with Gasteiger partial charge in [-0.1, -0.05) is 55.0 Å². The van der Waals surface area contributed by atoms with E-state index in [1.807, 2.05) is 30.3 Å². The number of aryl methyl sites for hydroxylation is 2. The number of aromatic nitrogens is 2. The first-order valence-electron chi connectivity index (χ1n) is 9.39. The molecule has 0 aliphatic rings. The van der Waals surface area contributed by atoms with Gasteiger partial charge in [-0.2, -0.15) is 0 Å². The van der Waals surface area contributed by atoms with Gasteiger partial charge in [0.2, 0.25) is 17.7 Å². The molecule has 0 saturated heterocycles. The standard InChI is InChI=1S/C22H25N3O2/c1-3-19(17-14-12-16(2)13-15-17)23-20(26)10-7-11-21-24-25-22(27-21)18-8-5-4-6-9-18/h4-6,8-9,12-15,19H,3,7,10-11H2,1-2H3,(H,23,26)/t19-/m1/s1. The first kappa shape index (κ1) is 18.8. The normalized spacial score (nSPS) is 11.9. The fourth-order valence-corrected chi connectivity index (χ4v) is 2.94. The van der Waals surface area contributed by atoms with Crippen molar-refractivity contribution in [1.82, 2.24) is 15.5 Å². The number of rotatable bonds is 8. The van der Waals surface area contributed by atoms with Crippen LogP contribution in [0.1, 0.15) is 49.2 Å². The molecule has 1 amide bonds. The molecule has 1 N–H and O–H groups in total. The van der Waals surface area contributed by atoms with E-state index >= 15 is 0 Å². The molecule has 1 aromatic heterocycles. The monoisotopic (exact) mass is 363 g/mol. The lowest BCUT2D eigenvalue weighted by Crippen LogP contribution is -2.28. The minimum atomic E-state index is 0.0465. The third kappa shape index (κ3) is 5.26. The molecule has 27 heavy (non-hydrogen) atoms. The fraction of sp³-hybridized carbons (Fsp3) is 0.318. The molecule has 5 nitrogen and oxygen atoms in total. The highest BCUT2D eigenvalue weighted by molar-refractivity contribution is 5.76. The van der Waals surface area contributed by atoms with Crippen LogP contribution in [0.15, 0.2) is 59.0 Å². The molecule has 3 rings (SSSR count). The van der Waals surface area contributed by atoms with Crippen LogP contribution in [-0.4, -0.2) is 16.1 Å². The second-order valence-corrected chi connectivity index (χ2v) is 6.66. The molecular formula is C22H25N3O2. The van der Waals surface area contributed by atoms with Gasteiger partial charge in [-0.05, 0) is 37.5 Å². The maximum Gasteiger partial charge on any atom is 0.247 e. The van der Waals surface area contributed by atoms with E-state index in [2.05, 4.69) is 53.6 Å². The van der Waals surface area contributed by atoms with Gasteiger partial charge in [-0.25, -0.2) is 0 Å². The van der Waals surface area contributed by atoms with Gasteiger partial charge in [0.25, 0.3) is 0 Å². The molecule has 0 aliphatic carbocycles. The van der Waals surface area contributed by atoms with Crippen LogP contribution in [0.5, 0.6) is 0 Å². The molecule has 1 atom stereocenters. The van der Waals surface area contributed by atoms with Crippen LogP contribution in [0.25, 0.3) is 11.5 Å². The first-order valence-corrected chi connectivity index (χ1v) is 9.39. The Balaban J connectivity index is 1.48. The summed E-state index contributed by atoms with van der Waals surface area (Å²) in [6, 6.07) is 18.0. The van der Waals surface area contributed by atoms with E-state index in [1.54, 1.807) is 0 Å².